The molecule has 0 bridgehead atoms. The van der Waals surface area contributed by atoms with E-state index < -0.39 is 0 Å². The molecule has 0 aromatic heterocycles. The number of carbonyl (C=O) groups is 1. The number of Topliss-reactive ketones (excluding diaryl/α,β-unsaturated/α-hetero) is 1. The van der Waals surface area contributed by atoms with Gasteiger partial charge in [-0.15, -0.1) is 0 Å². The molecule has 1 N–H and O–H groups in total. The van der Waals surface area contributed by atoms with Gasteiger partial charge in [-0.3, -0.25) is 9.79 Å². The SMILES string of the molecule is CC1(C)CC(=O)C(C=N[C@H](c2ccc(Cl)cc2)C2CC2)=C(O)C1. The largest absolute Gasteiger partial charge is 0.511 e. The van der Waals surface area contributed by atoms with E-state index in [4.69, 9.17) is 11.6 Å². The molecule has 0 spiro atoms. The Labute approximate surface area is 142 Å². The van der Waals surface area contributed by atoms with Crippen LogP contribution in [0.5, 0.6) is 0 Å². The number of hydrogen-bond acceptors (Lipinski definition) is 3. The van der Waals surface area contributed by atoms with Crippen molar-refractivity contribution < 1.29 is 9.90 Å². The maximum atomic E-state index is 12.3. The van der Waals surface area contributed by atoms with Crippen LogP contribution in [0, 0.1) is 11.3 Å². The molecule has 1 atom stereocenters. The molecule has 0 heterocycles. The summed E-state index contributed by atoms with van der Waals surface area (Å²) < 4.78 is 0. The highest BCUT2D eigenvalue weighted by Gasteiger charge is 2.34. The van der Waals surface area contributed by atoms with Gasteiger partial charge in [-0.25, -0.2) is 0 Å². The molecular formula is C19H22ClNO2. The first-order chi connectivity index (χ1) is 10.9. The number of nitrogens with zero attached hydrogens (tertiary/aromatic N) is 1. The molecule has 1 aromatic carbocycles. The highest BCUT2D eigenvalue weighted by molar-refractivity contribution is 6.30. The maximum absolute atomic E-state index is 12.3. The van der Waals surface area contributed by atoms with Gasteiger partial charge in [-0.2, -0.15) is 0 Å². The molecule has 2 aliphatic carbocycles. The van der Waals surface area contributed by atoms with Crippen LogP contribution >= 0.6 is 11.6 Å². The fourth-order valence-corrected chi connectivity index (χ4v) is 3.28. The predicted molar refractivity (Wildman–Crippen MR) is 93.1 cm³/mol. The quantitative estimate of drug-likeness (QED) is 0.784. The van der Waals surface area contributed by atoms with Crippen molar-refractivity contribution in [3.63, 3.8) is 0 Å². The fourth-order valence-electron chi connectivity index (χ4n) is 3.16. The molecule has 4 heteroatoms. The van der Waals surface area contributed by atoms with E-state index in [1.165, 1.54) is 0 Å². The Bertz CT molecular complexity index is 669. The number of halogens is 1. The third kappa shape index (κ3) is 3.84. The standard InChI is InChI=1S/C19H22ClNO2/c1-19(2)9-16(22)15(17(23)10-19)11-21-18(12-3-4-12)13-5-7-14(20)8-6-13/h5-8,11-12,18,22H,3-4,9-10H2,1-2H3/t18-/m0/s1. The number of aliphatic imine (C=N–C) groups is 1. The van der Waals surface area contributed by atoms with Gasteiger partial charge in [0.1, 0.15) is 5.76 Å². The minimum absolute atomic E-state index is 0.0202. The van der Waals surface area contributed by atoms with Crippen molar-refractivity contribution in [2.45, 2.75) is 45.6 Å². The average molecular weight is 332 g/mol. The lowest BCUT2D eigenvalue weighted by molar-refractivity contribution is -0.117. The average Bonchev–Trinajstić information content (AvgIpc) is 3.27. The number of aliphatic hydroxyl groups is 1. The molecule has 0 radical (unpaired) electrons. The van der Waals surface area contributed by atoms with Gasteiger partial charge in [0.05, 0.1) is 11.6 Å². The van der Waals surface area contributed by atoms with Crippen molar-refractivity contribution in [3.8, 4) is 0 Å². The van der Waals surface area contributed by atoms with E-state index in [1.807, 2.05) is 38.1 Å². The topological polar surface area (TPSA) is 49.7 Å². The zero-order valence-corrected chi connectivity index (χ0v) is 14.3. The molecule has 0 saturated heterocycles. The lowest BCUT2D eigenvalue weighted by atomic mass is 9.77. The molecule has 1 aromatic rings. The molecule has 1 fully saturated rings. The van der Waals surface area contributed by atoms with Gasteiger partial charge >= 0.3 is 0 Å². The molecule has 3 nitrogen and oxygen atoms in total. The third-order valence-electron chi connectivity index (χ3n) is 4.54. The highest BCUT2D eigenvalue weighted by Crippen LogP contribution is 2.44. The van der Waals surface area contributed by atoms with Crippen LogP contribution < -0.4 is 0 Å². The van der Waals surface area contributed by atoms with E-state index in [9.17, 15) is 9.90 Å². The third-order valence-corrected chi connectivity index (χ3v) is 4.79. The second-order valence-corrected chi connectivity index (χ2v) is 7.85. The lowest BCUT2D eigenvalue weighted by Crippen LogP contribution is -2.26. The van der Waals surface area contributed by atoms with Gasteiger partial charge in [-0.1, -0.05) is 37.6 Å². The summed E-state index contributed by atoms with van der Waals surface area (Å²) in [5.74, 6) is 0.666. The van der Waals surface area contributed by atoms with Crippen molar-refractivity contribution in [1.29, 1.82) is 0 Å². The number of benzene rings is 1. The van der Waals surface area contributed by atoms with E-state index in [0.717, 1.165) is 18.4 Å². The predicted octanol–water partition coefficient (Wildman–Crippen LogP) is 5.06. The minimum atomic E-state index is -0.176. The zero-order valence-electron chi connectivity index (χ0n) is 13.6. The van der Waals surface area contributed by atoms with Crippen molar-refractivity contribution in [1.82, 2.24) is 0 Å². The van der Waals surface area contributed by atoms with Crippen LogP contribution in [0.1, 0.15) is 51.1 Å². The minimum Gasteiger partial charge on any atom is -0.511 e. The Morgan fingerprint density at radius 2 is 1.91 bits per heavy atom. The summed E-state index contributed by atoms with van der Waals surface area (Å²) in [4.78, 5) is 16.9. The normalized spacial score (nSPS) is 22.7. The summed E-state index contributed by atoms with van der Waals surface area (Å²) in [5, 5.41) is 10.9. The molecule has 3 rings (SSSR count). The van der Waals surface area contributed by atoms with Crippen molar-refractivity contribution in [2.75, 3.05) is 0 Å². The van der Waals surface area contributed by atoms with Gasteiger partial charge in [0, 0.05) is 24.1 Å². The molecule has 0 aliphatic heterocycles. The summed E-state index contributed by atoms with van der Waals surface area (Å²) in [5.41, 5.74) is 1.31. The second-order valence-electron chi connectivity index (χ2n) is 7.41. The number of carbonyl (C=O) groups excluding carboxylic acids is 1. The molecule has 2 aliphatic rings. The van der Waals surface area contributed by atoms with Gasteiger partial charge < -0.3 is 5.11 Å². The van der Waals surface area contributed by atoms with Crippen molar-refractivity contribution in [2.24, 2.45) is 16.3 Å². The Balaban J connectivity index is 1.84. The monoisotopic (exact) mass is 331 g/mol. The van der Waals surface area contributed by atoms with Gasteiger partial charge in [0.15, 0.2) is 5.78 Å². The summed E-state index contributed by atoms with van der Waals surface area (Å²) in [6, 6.07) is 7.75. The number of allylic oxidation sites excluding steroid dienone is 2. The number of ketones is 1. The molecular weight excluding hydrogens is 310 g/mol. The molecule has 0 amide bonds. The van der Waals surface area contributed by atoms with Crippen LogP contribution in [0.25, 0.3) is 0 Å². The number of rotatable bonds is 4. The van der Waals surface area contributed by atoms with Crippen LogP contribution in [-0.2, 0) is 4.79 Å². The van der Waals surface area contributed by atoms with E-state index in [1.54, 1.807) is 6.21 Å². The summed E-state index contributed by atoms with van der Waals surface area (Å²) in [6.45, 7) is 3.99. The summed E-state index contributed by atoms with van der Waals surface area (Å²) in [7, 11) is 0. The highest BCUT2D eigenvalue weighted by atomic mass is 35.5. The van der Waals surface area contributed by atoms with Crippen LogP contribution in [0.2, 0.25) is 5.02 Å². The van der Waals surface area contributed by atoms with Crippen LogP contribution in [0.3, 0.4) is 0 Å². The summed E-state index contributed by atoms with van der Waals surface area (Å²) in [6.07, 6.45) is 4.86. The van der Waals surface area contributed by atoms with Crippen LogP contribution in [0.15, 0.2) is 40.6 Å². The van der Waals surface area contributed by atoms with E-state index in [2.05, 4.69) is 4.99 Å². The van der Waals surface area contributed by atoms with Gasteiger partial charge in [0.2, 0.25) is 0 Å². The van der Waals surface area contributed by atoms with Crippen LogP contribution in [0.4, 0.5) is 0 Å². The summed E-state index contributed by atoms with van der Waals surface area (Å²) >= 11 is 5.95. The maximum Gasteiger partial charge on any atom is 0.168 e. The molecule has 1 saturated carbocycles. The molecule has 23 heavy (non-hydrogen) atoms. The molecule has 122 valence electrons. The van der Waals surface area contributed by atoms with E-state index >= 15 is 0 Å². The van der Waals surface area contributed by atoms with Crippen LogP contribution in [-0.4, -0.2) is 17.1 Å². The van der Waals surface area contributed by atoms with Crippen molar-refractivity contribution in [3.05, 3.63) is 46.2 Å². The number of aliphatic hydroxyl groups excluding tert-OH is 1. The van der Waals surface area contributed by atoms with E-state index in [-0.39, 0.29) is 23.0 Å². The first-order valence-electron chi connectivity index (χ1n) is 8.10. The Hall–Kier alpha value is -1.61. The Morgan fingerprint density at radius 1 is 1.26 bits per heavy atom. The van der Waals surface area contributed by atoms with Gasteiger partial charge in [-0.05, 0) is 41.9 Å². The lowest BCUT2D eigenvalue weighted by Gasteiger charge is -2.28. The Kier molecular flexibility index (Phi) is 4.33. The second kappa shape index (κ2) is 6.12. The first-order valence-corrected chi connectivity index (χ1v) is 8.47. The number of hydrogen-bond donors (Lipinski definition) is 1. The first kappa shape index (κ1) is 16.3. The smallest absolute Gasteiger partial charge is 0.168 e. The molecule has 0 unspecified atom stereocenters. The Morgan fingerprint density at radius 3 is 2.48 bits per heavy atom. The fraction of sp³-hybridized carbons (Fsp3) is 0.474. The zero-order chi connectivity index (χ0) is 16.6. The van der Waals surface area contributed by atoms with Gasteiger partial charge in [0.25, 0.3) is 0 Å². The van der Waals surface area contributed by atoms with E-state index in [0.29, 0.717) is 29.4 Å². The van der Waals surface area contributed by atoms with Crippen molar-refractivity contribution >= 4 is 23.6 Å².